The number of aromatic amines is 2. The van der Waals surface area contributed by atoms with E-state index in [1.807, 2.05) is 42.5 Å². The molecule has 296 valence electrons. The molecule has 4 aliphatic heterocycles. The van der Waals surface area contributed by atoms with Gasteiger partial charge < -0.3 is 34.0 Å². The second kappa shape index (κ2) is 13.3. The molecule has 2 saturated heterocycles. The average Bonchev–Trinajstić information content (AvgIpc) is 3.80. The highest BCUT2D eigenvalue weighted by Gasteiger charge is 2.62. The highest BCUT2D eigenvalue weighted by Crippen LogP contribution is 2.53. The minimum absolute atomic E-state index is 0.0235. The Kier molecular flexibility index (Phi) is 8.51. The molecule has 13 heteroatoms. The van der Waals surface area contributed by atoms with Crippen LogP contribution in [0.2, 0.25) is 0 Å². The molecule has 3 N–H and O–H groups in total. The molecular weight excluding hydrogens is 729 g/mol. The number of allylic oxidation sites excluding steroid dienone is 2. The van der Waals surface area contributed by atoms with E-state index in [2.05, 4.69) is 20.9 Å². The number of hydrogen-bond donors (Lipinski definition) is 3. The second-order valence-corrected chi connectivity index (χ2v) is 16.5. The lowest BCUT2D eigenvalue weighted by Gasteiger charge is -2.58. The molecule has 2 fully saturated rings. The highest BCUT2D eigenvalue weighted by molar-refractivity contribution is 5.93. The van der Waals surface area contributed by atoms with Crippen molar-refractivity contribution in [3.63, 3.8) is 0 Å². The third kappa shape index (κ3) is 5.39. The summed E-state index contributed by atoms with van der Waals surface area (Å²) in [7, 11) is 2.99. The molecule has 0 saturated carbocycles. The number of rotatable bonds is 7. The Morgan fingerprint density at radius 2 is 1.40 bits per heavy atom. The number of aliphatic hydroxyl groups is 1. The van der Waals surface area contributed by atoms with Crippen molar-refractivity contribution in [2.75, 3.05) is 27.4 Å². The average molecular weight is 775 g/mol. The number of benzene rings is 2. The number of piperidine rings is 2. The molecule has 6 aliphatic rings. The van der Waals surface area contributed by atoms with E-state index in [1.54, 1.807) is 30.2 Å². The zero-order chi connectivity index (χ0) is 39.3. The topological polar surface area (TPSA) is 163 Å². The van der Waals surface area contributed by atoms with Gasteiger partial charge in [0.1, 0.15) is 23.9 Å². The summed E-state index contributed by atoms with van der Waals surface area (Å²) in [5.74, 6) is -1.37. The van der Waals surface area contributed by atoms with Gasteiger partial charge in [0.05, 0.1) is 37.9 Å². The quantitative estimate of drug-likeness (QED) is 0.180. The van der Waals surface area contributed by atoms with Crippen LogP contribution in [0.1, 0.15) is 73.1 Å². The van der Waals surface area contributed by atoms with Crippen LogP contribution in [0.25, 0.3) is 21.8 Å². The predicted molar refractivity (Wildman–Crippen MR) is 207 cm³/mol. The van der Waals surface area contributed by atoms with E-state index in [0.29, 0.717) is 32.1 Å². The molecule has 0 amide bonds. The van der Waals surface area contributed by atoms with Gasteiger partial charge in [0, 0.05) is 66.0 Å². The van der Waals surface area contributed by atoms with Gasteiger partial charge in [0.2, 0.25) is 5.72 Å². The van der Waals surface area contributed by atoms with E-state index in [-0.39, 0.29) is 56.1 Å². The Labute approximate surface area is 328 Å². The van der Waals surface area contributed by atoms with Gasteiger partial charge in [0.15, 0.2) is 11.6 Å². The summed E-state index contributed by atoms with van der Waals surface area (Å²) < 4.78 is 24.1. The minimum Gasteiger partial charge on any atom is -0.468 e. The number of nitrogens with zero attached hydrogens (tertiary/aromatic N) is 2. The van der Waals surface area contributed by atoms with Gasteiger partial charge in [-0.15, -0.1) is 0 Å². The standard InChI is InChI=1S/C44H46N4O9/c1-54-40(51)35-23-29-27-7-3-5-9-31(27)45-38(29)33-13-18-43(16-12-25(49)21-36(43)47(33)35)57-20-19-56-41(52)44(53)24-30-28-8-4-6-10-32(28)46-39(30)34-14-17-42(55-2)15-11-26(50)22-37(42)48(34)44/h3-12,15-16,33-37,45-46,53H,13-14,17-24H2,1-2H3/t33-,34-,35-,36+,37+,42-,43-,44-/m0/s1. The summed E-state index contributed by atoms with van der Waals surface area (Å²) in [6, 6.07) is 13.6. The number of carbonyl (C=O) groups excluding carboxylic acids is 4. The summed E-state index contributed by atoms with van der Waals surface area (Å²) in [4.78, 5) is 65.0. The molecule has 6 heterocycles. The van der Waals surface area contributed by atoms with Gasteiger partial charge in [-0.1, -0.05) is 36.4 Å². The smallest absolute Gasteiger partial charge is 0.354 e. The number of ether oxygens (including phenoxy) is 4. The van der Waals surface area contributed by atoms with Crippen molar-refractivity contribution in [3.8, 4) is 0 Å². The first-order valence-electron chi connectivity index (χ1n) is 20.0. The number of carbonyl (C=O) groups is 4. The Morgan fingerprint density at radius 3 is 2.11 bits per heavy atom. The van der Waals surface area contributed by atoms with E-state index in [0.717, 1.165) is 44.3 Å². The normalized spacial score (nSPS) is 33.2. The third-order valence-corrected chi connectivity index (χ3v) is 13.9. The van der Waals surface area contributed by atoms with Gasteiger partial charge in [0.25, 0.3) is 0 Å². The highest BCUT2D eigenvalue weighted by atomic mass is 16.6. The fourth-order valence-corrected chi connectivity index (χ4v) is 11.3. The first-order valence-corrected chi connectivity index (χ1v) is 20.0. The Hall–Kier alpha value is -4.92. The van der Waals surface area contributed by atoms with Crippen LogP contribution in [-0.4, -0.2) is 111 Å². The van der Waals surface area contributed by atoms with Crippen LogP contribution in [0.3, 0.4) is 0 Å². The number of hydrogen-bond acceptors (Lipinski definition) is 11. The molecule has 13 nitrogen and oxygen atoms in total. The Balaban J connectivity index is 0.928. The van der Waals surface area contributed by atoms with Gasteiger partial charge in [-0.25, -0.2) is 4.79 Å². The largest absolute Gasteiger partial charge is 0.468 e. The zero-order valence-electron chi connectivity index (χ0n) is 32.0. The first kappa shape index (κ1) is 36.4. The zero-order valence-corrected chi connectivity index (χ0v) is 32.0. The van der Waals surface area contributed by atoms with Gasteiger partial charge in [-0.2, -0.15) is 0 Å². The molecule has 4 aromatic rings. The molecule has 0 bridgehead atoms. The Bertz CT molecular complexity index is 2400. The number of aromatic nitrogens is 2. The SMILES string of the molecule is COC(=O)[C@@H]1Cc2c([nH]c3ccccc23)[C@@H]2CC[C@@]3(OCCOC(=O)[C@@]4(O)Cc5c([nH]c6ccccc56)[C@@H]5CC[C@@]6(OC)C=CC(=O)C[C@H]6N54)C=CC(=O)C[C@H]3N12. The lowest BCUT2D eigenvalue weighted by molar-refractivity contribution is -0.233. The summed E-state index contributed by atoms with van der Waals surface area (Å²) in [5.41, 5.74) is 1.88. The van der Waals surface area contributed by atoms with Crippen LogP contribution in [-0.2, 0) is 51.0 Å². The summed E-state index contributed by atoms with van der Waals surface area (Å²) in [6.45, 7) is -0.199. The van der Waals surface area contributed by atoms with Crippen LogP contribution in [0.15, 0.2) is 72.8 Å². The van der Waals surface area contributed by atoms with Crippen LogP contribution in [0, 0.1) is 0 Å². The van der Waals surface area contributed by atoms with Crippen molar-refractivity contribution < 1.29 is 43.2 Å². The van der Waals surface area contributed by atoms with Crippen LogP contribution >= 0.6 is 0 Å². The molecule has 2 aromatic carbocycles. The number of H-pyrrole nitrogens is 2. The lowest BCUT2D eigenvalue weighted by atomic mass is 9.71. The number of para-hydroxylation sites is 2. The fraction of sp³-hybridized carbons (Fsp3) is 0.455. The maximum Gasteiger partial charge on any atom is 0.354 e. The fourth-order valence-electron chi connectivity index (χ4n) is 11.3. The maximum atomic E-state index is 14.5. The van der Waals surface area contributed by atoms with Gasteiger partial charge >= 0.3 is 11.9 Å². The number of fused-ring (bicyclic) bond motifs is 14. The first-order chi connectivity index (χ1) is 27.6. The van der Waals surface area contributed by atoms with Crippen LogP contribution < -0.4 is 0 Å². The summed E-state index contributed by atoms with van der Waals surface area (Å²) >= 11 is 0. The predicted octanol–water partition coefficient (Wildman–Crippen LogP) is 4.44. The van der Waals surface area contributed by atoms with Crippen molar-refractivity contribution in [1.29, 1.82) is 0 Å². The minimum atomic E-state index is -2.11. The molecule has 0 spiro atoms. The van der Waals surface area contributed by atoms with E-state index < -0.39 is 47.1 Å². The van der Waals surface area contributed by atoms with Crippen molar-refractivity contribution in [2.45, 2.75) is 98.5 Å². The maximum absolute atomic E-state index is 14.5. The molecule has 0 unspecified atom stereocenters. The summed E-state index contributed by atoms with van der Waals surface area (Å²) in [6.07, 6.45) is 9.64. The van der Waals surface area contributed by atoms with E-state index in [9.17, 15) is 24.3 Å². The molecule has 0 radical (unpaired) electrons. The van der Waals surface area contributed by atoms with Crippen molar-refractivity contribution in [3.05, 3.63) is 95.3 Å². The lowest BCUT2D eigenvalue weighted by Crippen LogP contribution is -2.71. The number of esters is 2. The number of ketones is 2. The van der Waals surface area contributed by atoms with Crippen LogP contribution in [0.5, 0.6) is 0 Å². The van der Waals surface area contributed by atoms with E-state index >= 15 is 0 Å². The summed E-state index contributed by atoms with van der Waals surface area (Å²) in [5, 5.41) is 14.7. The third-order valence-electron chi connectivity index (χ3n) is 13.9. The second-order valence-electron chi connectivity index (χ2n) is 16.5. The molecule has 2 aromatic heterocycles. The van der Waals surface area contributed by atoms with E-state index in [4.69, 9.17) is 18.9 Å². The molecule has 57 heavy (non-hydrogen) atoms. The molecule has 8 atom stereocenters. The number of methoxy groups -OCH3 is 2. The van der Waals surface area contributed by atoms with Gasteiger partial charge in [-0.05, 0) is 73.2 Å². The van der Waals surface area contributed by atoms with Crippen molar-refractivity contribution >= 4 is 45.3 Å². The van der Waals surface area contributed by atoms with E-state index in [1.165, 1.54) is 13.2 Å². The molecular formula is C44H46N4O9. The van der Waals surface area contributed by atoms with Gasteiger partial charge in [-0.3, -0.25) is 24.2 Å². The number of nitrogens with one attached hydrogen (secondary N) is 2. The molecule has 2 aliphatic carbocycles. The van der Waals surface area contributed by atoms with Crippen LogP contribution in [0.4, 0.5) is 0 Å². The van der Waals surface area contributed by atoms with Crippen molar-refractivity contribution in [2.24, 2.45) is 0 Å². The Morgan fingerprint density at radius 1 is 0.789 bits per heavy atom. The monoisotopic (exact) mass is 774 g/mol. The van der Waals surface area contributed by atoms with Crippen molar-refractivity contribution in [1.82, 2.24) is 19.8 Å². The molecule has 10 rings (SSSR count).